The number of rotatable bonds is 3. The highest BCUT2D eigenvalue weighted by atomic mass is 32.2. The molecule has 0 saturated carbocycles. The number of anilines is 1. The van der Waals surface area contributed by atoms with Gasteiger partial charge in [0.05, 0.1) is 4.90 Å². The molecule has 0 atom stereocenters. The molecule has 82 valence electrons. The fraction of sp³-hybridized carbons (Fsp3) is 0.125. The number of nitrogen functional groups attached to an aromatic ring is 1. The van der Waals surface area contributed by atoms with Crippen LogP contribution >= 0.6 is 0 Å². The molecule has 5 nitrogen and oxygen atoms in total. The summed E-state index contributed by atoms with van der Waals surface area (Å²) in [5, 5.41) is 0. The quantitative estimate of drug-likeness (QED) is 0.696. The molecular formula is C8H9FN2O3S. The molecule has 15 heavy (non-hydrogen) atoms. The highest BCUT2D eigenvalue weighted by Gasteiger charge is 2.18. The van der Waals surface area contributed by atoms with Crippen LogP contribution in [0.4, 0.5) is 10.1 Å². The van der Waals surface area contributed by atoms with Gasteiger partial charge in [0.1, 0.15) is 11.6 Å². The van der Waals surface area contributed by atoms with Crippen molar-refractivity contribution in [2.75, 3.05) is 11.5 Å². The molecule has 1 aromatic rings. The van der Waals surface area contributed by atoms with Gasteiger partial charge in [-0.25, -0.2) is 12.8 Å². The summed E-state index contributed by atoms with van der Waals surface area (Å²) in [6, 6.07) is 2.83. The van der Waals surface area contributed by atoms with Crippen molar-refractivity contribution in [1.29, 1.82) is 0 Å². The number of sulfone groups is 1. The molecule has 0 aliphatic rings. The first kappa shape index (κ1) is 11.4. The molecule has 0 aliphatic heterocycles. The fourth-order valence-corrected chi connectivity index (χ4v) is 2.18. The Morgan fingerprint density at radius 3 is 2.40 bits per heavy atom. The normalized spacial score (nSPS) is 11.3. The van der Waals surface area contributed by atoms with Gasteiger partial charge in [-0.2, -0.15) is 0 Å². The largest absolute Gasteiger partial charge is 0.399 e. The van der Waals surface area contributed by atoms with E-state index in [1.165, 1.54) is 0 Å². The number of nitrogens with two attached hydrogens (primary N) is 2. The molecule has 1 rings (SSSR count). The number of carbonyl (C=O) groups excluding carboxylic acids is 1. The highest BCUT2D eigenvalue weighted by Crippen LogP contribution is 2.16. The van der Waals surface area contributed by atoms with E-state index in [-0.39, 0.29) is 10.6 Å². The second-order valence-electron chi connectivity index (χ2n) is 2.95. The highest BCUT2D eigenvalue weighted by molar-refractivity contribution is 7.92. The van der Waals surface area contributed by atoms with Gasteiger partial charge in [-0.05, 0) is 18.2 Å². The second kappa shape index (κ2) is 3.85. The summed E-state index contributed by atoms with van der Waals surface area (Å²) in [4.78, 5) is 10.1. The smallest absolute Gasteiger partial charge is 0.233 e. The van der Waals surface area contributed by atoms with Crippen molar-refractivity contribution in [2.45, 2.75) is 4.90 Å². The Balaban J connectivity index is 3.21. The predicted molar refractivity (Wildman–Crippen MR) is 52.1 cm³/mol. The van der Waals surface area contributed by atoms with Gasteiger partial charge in [0.25, 0.3) is 0 Å². The Morgan fingerprint density at radius 1 is 1.33 bits per heavy atom. The molecule has 1 amide bonds. The lowest BCUT2D eigenvalue weighted by Gasteiger charge is -2.03. The van der Waals surface area contributed by atoms with Gasteiger partial charge in [-0.3, -0.25) is 4.79 Å². The number of hydrogen-bond donors (Lipinski definition) is 2. The number of amides is 1. The zero-order valence-corrected chi connectivity index (χ0v) is 8.42. The van der Waals surface area contributed by atoms with Crippen LogP contribution < -0.4 is 11.5 Å². The van der Waals surface area contributed by atoms with E-state index in [0.29, 0.717) is 0 Å². The van der Waals surface area contributed by atoms with E-state index in [0.717, 1.165) is 18.2 Å². The fourth-order valence-electron chi connectivity index (χ4n) is 1.03. The minimum Gasteiger partial charge on any atom is -0.399 e. The van der Waals surface area contributed by atoms with Crippen LogP contribution in [0.3, 0.4) is 0 Å². The molecule has 0 spiro atoms. The van der Waals surface area contributed by atoms with Crippen molar-refractivity contribution < 1.29 is 17.6 Å². The lowest BCUT2D eigenvalue weighted by atomic mass is 10.3. The van der Waals surface area contributed by atoms with Crippen LogP contribution in [-0.4, -0.2) is 20.1 Å². The number of benzene rings is 1. The molecule has 4 N–H and O–H groups in total. The molecular weight excluding hydrogens is 223 g/mol. The van der Waals surface area contributed by atoms with Crippen molar-refractivity contribution in [2.24, 2.45) is 5.73 Å². The van der Waals surface area contributed by atoms with Crippen molar-refractivity contribution in [3.05, 3.63) is 24.0 Å². The van der Waals surface area contributed by atoms with Crippen molar-refractivity contribution in [1.82, 2.24) is 0 Å². The van der Waals surface area contributed by atoms with Gasteiger partial charge in [0.2, 0.25) is 5.91 Å². The molecule has 7 heteroatoms. The van der Waals surface area contributed by atoms with Gasteiger partial charge in [0.15, 0.2) is 9.84 Å². The summed E-state index contributed by atoms with van der Waals surface area (Å²) < 4.78 is 35.7. The molecule has 0 unspecified atom stereocenters. The van der Waals surface area contributed by atoms with Crippen LogP contribution in [0, 0.1) is 5.82 Å². The third-order valence-corrected chi connectivity index (χ3v) is 3.20. The summed E-state index contributed by atoms with van der Waals surface area (Å²) in [5.41, 5.74) is 9.99. The van der Waals surface area contributed by atoms with E-state index in [9.17, 15) is 17.6 Å². The average molecular weight is 232 g/mol. The summed E-state index contributed by atoms with van der Waals surface area (Å²) in [7, 11) is -3.90. The van der Waals surface area contributed by atoms with Crippen LogP contribution in [0.15, 0.2) is 23.1 Å². The zero-order valence-electron chi connectivity index (χ0n) is 7.60. The third-order valence-electron chi connectivity index (χ3n) is 1.59. The Labute approximate surface area is 85.8 Å². The standard InChI is InChI=1S/C8H9FN2O3S/c9-5-1-6(10)3-7(2-5)15(13,14)4-8(11)12/h1-3H,4,10H2,(H2,11,12). The van der Waals surface area contributed by atoms with E-state index in [4.69, 9.17) is 11.5 Å². The molecule has 0 aromatic heterocycles. The molecule has 1 aromatic carbocycles. The lowest BCUT2D eigenvalue weighted by molar-refractivity contribution is -0.115. The summed E-state index contributed by atoms with van der Waals surface area (Å²) in [6.07, 6.45) is 0. The Morgan fingerprint density at radius 2 is 1.93 bits per heavy atom. The molecule has 0 heterocycles. The minimum absolute atomic E-state index is 0.0296. The van der Waals surface area contributed by atoms with E-state index in [1.807, 2.05) is 0 Å². The maximum atomic E-state index is 12.8. The first-order valence-corrected chi connectivity index (χ1v) is 5.53. The monoisotopic (exact) mass is 232 g/mol. The SMILES string of the molecule is NC(=O)CS(=O)(=O)c1cc(N)cc(F)c1. The first-order valence-electron chi connectivity index (χ1n) is 3.88. The minimum atomic E-state index is -3.90. The molecule has 0 saturated heterocycles. The Kier molecular flexibility index (Phi) is 2.94. The van der Waals surface area contributed by atoms with E-state index in [2.05, 4.69) is 0 Å². The third kappa shape index (κ3) is 2.91. The number of halogens is 1. The van der Waals surface area contributed by atoms with E-state index >= 15 is 0 Å². The van der Waals surface area contributed by atoms with Gasteiger partial charge in [-0.1, -0.05) is 0 Å². The Bertz CT molecular complexity index is 478. The molecule has 0 aliphatic carbocycles. The van der Waals surface area contributed by atoms with Crippen LogP contribution in [0.1, 0.15) is 0 Å². The summed E-state index contributed by atoms with van der Waals surface area (Å²) in [6.45, 7) is 0. The molecule has 0 bridgehead atoms. The maximum absolute atomic E-state index is 12.8. The van der Waals surface area contributed by atoms with Gasteiger partial charge in [0, 0.05) is 5.69 Å². The van der Waals surface area contributed by atoms with Crippen molar-refractivity contribution in [3.8, 4) is 0 Å². The zero-order chi connectivity index (χ0) is 11.6. The Hall–Kier alpha value is -1.63. The topological polar surface area (TPSA) is 103 Å². The van der Waals surface area contributed by atoms with Gasteiger partial charge < -0.3 is 11.5 Å². The van der Waals surface area contributed by atoms with E-state index in [1.54, 1.807) is 0 Å². The van der Waals surface area contributed by atoms with Crippen molar-refractivity contribution in [3.63, 3.8) is 0 Å². The first-order chi connectivity index (χ1) is 6.81. The average Bonchev–Trinajstić information content (AvgIpc) is 1.99. The number of primary amides is 1. The maximum Gasteiger partial charge on any atom is 0.233 e. The predicted octanol–water partition coefficient (Wildman–Crippen LogP) is -0.333. The van der Waals surface area contributed by atoms with Gasteiger partial charge >= 0.3 is 0 Å². The molecule has 0 radical (unpaired) electrons. The number of hydrogen-bond acceptors (Lipinski definition) is 4. The van der Waals surface area contributed by atoms with Crippen LogP contribution in [0.5, 0.6) is 0 Å². The van der Waals surface area contributed by atoms with Crippen LogP contribution in [0.25, 0.3) is 0 Å². The summed E-state index contributed by atoms with van der Waals surface area (Å²) in [5.74, 6) is -2.65. The van der Waals surface area contributed by atoms with Crippen molar-refractivity contribution >= 4 is 21.4 Å². The van der Waals surface area contributed by atoms with Gasteiger partial charge in [-0.15, -0.1) is 0 Å². The van der Waals surface area contributed by atoms with Crippen LogP contribution in [-0.2, 0) is 14.6 Å². The lowest BCUT2D eigenvalue weighted by Crippen LogP contribution is -2.23. The number of carbonyl (C=O) groups is 1. The van der Waals surface area contributed by atoms with Crippen LogP contribution in [0.2, 0.25) is 0 Å². The summed E-state index contributed by atoms with van der Waals surface area (Å²) >= 11 is 0. The van der Waals surface area contributed by atoms with E-state index < -0.39 is 27.3 Å². The second-order valence-corrected chi connectivity index (χ2v) is 4.94. The molecule has 0 fully saturated rings.